The Kier molecular flexibility index (Phi) is 4.51. The molecule has 2 aromatic rings. The molecule has 19 heavy (non-hydrogen) atoms. The van der Waals surface area contributed by atoms with Crippen LogP contribution in [0.25, 0.3) is 0 Å². The highest BCUT2D eigenvalue weighted by atomic mass is 35.5. The lowest BCUT2D eigenvalue weighted by Gasteiger charge is -2.18. The first-order chi connectivity index (χ1) is 9.11. The fourth-order valence-electron chi connectivity index (χ4n) is 2.07. The highest BCUT2D eigenvalue weighted by molar-refractivity contribution is 6.30. The summed E-state index contributed by atoms with van der Waals surface area (Å²) in [7, 11) is 1.81. The summed E-state index contributed by atoms with van der Waals surface area (Å²) in [5.74, 6) is -0.252. The SMILES string of the molecule is CNC(Cc1ncccc1C)c1cc(Cl)ccc1F. The lowest BCUT2D eigenvalue weighted by atomic mass is 9.99. The van der Waals surface area contributed by atoms with E-state index in [0.29, 0.717) is 17.0 Å². The maximum absolute atomic E-state index is 13.9. The first-order valence-corrected chi connectivity index (χ1v) is 6.52. The van der Waals surface area contributed by atoms with Crippen LogP contribution >= 0.6 is 11.6 Å². The van der Waals surface area contributed by atoms with Crippen molar-refractivity contribution in [1.29, 1.82) is 0 Å². The van der Waals surface area contributed by atoms with E-state index in [1.54, 1.807) is 18.3 Å². The van der Waals surface area contributed by atoms with E-state index in [2.05, 4.69) is 10.3 Å². The average Bonchev–Trinajstić information content (AvgIpc) is 2.41. The summed E-state index contributed by atoms with van der Waals surface area (Å²) in [5.41, 5.74) is 2.63. The second-order valence-corrected chi connectivity index (χ2v) is 4.91. The molecule has 0 aliphatic carbocycles. The molecule has 0 aliphatic heterocycles. The van der Waals surface area contributed by atoms with Gasteiger partial charge in [-0.3, -0.25) is 4.98 Å². The summed E-state index contributed by atoms with van der Waals surface area (Å²) in [5, 5.41) is 3.66. The van der Waals surface area contributed by atoms with E-state index in [4.69, 9.17) is 11.6 Å². The van der Waals surface area contributed by atoms with Crippen LogP contribution in [-0.4, -0.2) is 12.0 Å². The molecule has 1 aromatic carbocycles. The van der Waals surface area contributed by atoms with Gasteiger partial charge in [0.05, 0.1) is 0 Å². The van der Waals surface area contributed by atoms with Gasteiger partial charge >= 0.3 is 0 Å². The third kappa shape index (κ3) is 3.31. The Labute approximate surface area is 117 Å². The van der Waals surface area contributed by atoms with Crippen LogP contribution in [0, 0.1) is 12.7 Å². The number of aromatic nitrogens is 1. The fourth-order valence-corrected chi connectivity index (χ4v) is 2.26. The Hall–Kier alpha value is -1.45. The summed E-state index contributed by atoms with van der Waals surface area (Å²) in [6, 6.07) is 8.37. The van der Waals surface area contributed by atoms with E-state index in [-0.39, 0.29) is 11.9 Å². The minimum absolute atomic E-state index is 0.146. The Morgan fingerprint density at radius 3 is 2.84 bits per heavy atom. The first-order valence-electron chi connectivity index (χ1n) is 6.14. The van der Waals surface area contributed by atoms with Crippen LogP contribution in [-0.2, 0) is 6.42 Å². The van der Waals surface area contributed by atoms with Crippen LogP contribution in [0.2, 0.25) is 5.02 Å². The zero-order valence-corrected chi connectivity index (χ0v) is 11.7. The van der Waals surface area contributed by atoms with Gasteiger partial charge in [0.2, 0.25) is 0 Å². The van der Waals surface area contributed by atoms with Gasteiger partial charge < -0.3 is 5.32 Å². The molecule has 100 valence electrons. The predicted octanol–water partition coefficient (Wildman–Crippen LogP) is 3.69. The molecule has 0 amide bonds. The largest absolute Gasteiger partial charge is 0.313 e. The molecule has 2 rings (SSSR count). The number of aryl methyl sites for hydroxylation is 1. The van der Waals surface area contributed by atoms with Gasteiger partial charge in [0.25, 0.3) is 0 Å². The molecule has 1 N–H and O–H groups in total. The van der Waals surface area contributed by atoms with Crippen molar-refractivity contribution < 1.29 is 4.39 Å². The van der Waals surface area contributed by atoms with Gasteiger partial charge in [-0.2, -0.15) is 0 Å². The van der Waals surface area contributed by atoms with Gasteiger partial charge in [0.1, 0.15) is 5.82 Å². The minimum Gasteiger partial charge on any atom is -0.313 e. The van der Waals surface area contributed by atoms with E-state index in [9.17, 15) is 4.39 Å². The molecule has 0 saturated heterocycles. The molecule has 4 heteroatoms. The third-order valence-electron chi connectivity index (χ3n) is 3.20. The second kappa shape index (κ2) is 6.13. The van der Waals surface area contributed by atoms with Gasteiger partial charge in [-0.25, -0.2) is 4.39 Å². The molecule has 0 fully saturated rings. The van der Waals surface area contributed by atoms with E-state index in [1.807, 2.05) is 26.1 Å². The maximum atomic E-state index is 13.9. The van der Waals surface area contributed by atoms with Crippen molar-refractivity contribution in [2.45, 2.75) is 19.4 Å². The normalized spacial score (nSPS) is 12.4. The molecule has 0 radical (unpaired) electrons. The van der Waals surface area contributed by atoms with Crippen LogP contribution in [0.3, 0.4) is 0 Å². The molecule has 1 atom stereocenters. The number of likely N-dealkylation sites (N-methyl/N-ethyl adjacent to an activating group) is 1. The fraction of sp³-hybridized carbons (Fsp3) is 0.267. The van der Waals surface area contributed by atoms with E-state index in [0.717, 1.165) is 11.3 Å². The minimum atomic E-state index is -0.252. The van der Waals surface area contributed by atoms with Crippen LogP contribution in [0.15, 0.2) is 36.5 Å². The van der Waals surface area contributed by atoms with Crippen molar-refractivity contribution in [2.24, 2.45) is 0 Å². The van der Waals surface area contributed by atoms with Gasteiger partial charge in [-0.05, 0) is 43.8 Å². The van der Waals surface area contributed by atoms with E-state index in [1.165, 1.54) is 6.07 Å². The average molecular weight is 279 g/mol. The zero-order valence-electron chi connectivity index (χ0n) is 11.0. The topological polar surface area (TPSA) is 24.9 Å². The number of pyridine rings is 1. The van der Waals surface area contributed by atoms with Crippen molar-refractivity contribution >= 4 is 11.6 Å². The molecule has 1 aromatic heterocycles. The summed E-state index contributed by atoms with van der Waals surface area (Å²) < 4.78 is 13.9. The molecule has 0 saturated carbocycles. The van der Waals surface area contributed by atoms with Gasteiger partial charge in [0.15, 0.2) is 0 Å². The zero-order chi connectivity index (χ0) is 13.8. The highest BCUT2D eigenvalue weighted by Crippen LogP contribution is 2.24. The molecule has 0 spiro atoms. The number of rotatable bonds is 4. The third-order valence-corrected chi connectivity index (χ3v) is 3.43. The molecule has 0 aliphatic rings. The monoisotopic (exact) mass is 278 g/mol. The van der Waals surface area contributed by atoms with Crippen LogP contribution < -0.4 is 5.32 Å². The van der Waals surface area contributed by atoms with Crippen molar-refractivity contribution in [3.05, 3.63) is 64.2 Å². The molecule has 2 nitrogen and oxygen atoms in total. The number of hydrogen-bond acceptors (Lipinski definition) is 2. The molecular weight excluding hydrogens is 263 g/mol. The number of nitrogens with zero attached hydrogens (tertiary/aromatic N) is 1. The Bertz CT molecular complexity index is 572. The number of nitrogens with one attached hydrogen (secondary N) is 1. The Morgan fingerprint density at radius 1 is 1.37 bits per heavy atom. The lowest BCUT2D eigenvalue weighted by Crippen LogP contribution is -2.21. The smallest absolute Gasteiger partial charge is 0.128 e. The van der Waals surface area contributed by atoms with Crippen molar-refractivity contribution in [1.82, 2.24) is 10.3 Å². The molecular formula is C15H16ClFN2. The summed E-state index contributed by atoms with van der Waals surface area (Å²) >= 11 is 5.94. The summed E-state index contributed by atoms with van der Waals surface area (Å²) in [4.78, 5) is 4.35. The van der Waals surface area contributed by atoms with Gasteiger partial charge in [-0.15, -0.1) is 0 Å². The van der Waals surface area contributed by atoms with E-state index < -0.39 is 0 Å². The van der Waals surface area contributed by atoms with E-state index >= 15 is 0 Å². The number of hydrogen-bond donors (Lipinski definition) is 1. The van der Waals surface area contributed by atoms with Crippen LogP contribution in [0.1, 0.15) is 22.9 Å². The predicted molar refractivity (Wildman–Crippen MR) is 75.9 cm³/mol. The molecule has 1 unspecified atom stereocenters. The first kappa shape index (κ1) is 14.0. The van der Waals surface area contributed by atoms with Crippen LogP contribution in [0.5, 0.6) is 0 Å². The molecule has 1 heterocycles. The lowest BCUT2D eigenvalue weighted by molar-refractivity contribution is 0.529. The number of benzene rings is 1. The van der Waals surface area contributed by atoms with Crippen LogP contribution in [0.4, 0.5) is 4.39 Å². The Morgan fingerprint density at radius 2 is 2.16 bits per heavy atom. The standard InChI is InChI=1S/C15H16ClFN2/c1-10-4-3-7-19-14(10)9-15(18-2)12-8-11(16)5-6-13(12)17/h3-8,15,18H,9H2,1-2H3. The maximum Gasteiger partial charge on any atom is 0.128 e. The second-order valence-electron chi connectivity index (χ2n) is 4.48. The summed E-state index contributed by atoms with van der Waals surface area (Å²) in [6.45, 7) is 2.00. The van der Waals surface area contributed by atoms with Gasteiger partial charge in [0, 0.05) is 34.9 Å². The van der Waals surface area contributed by atoms with Crippen molar-refractivity contribution in [3.63, 3.8) is 0 Å². The van der Waals surface area contributed by atoms with Crippen molar-refractivity contribution in [2.75, 3.05) is 7.05 Å². The Balaban J connectivity index is 2.30. The summed E-state index contributed by atoms with van der Waals surface area (Å²) in [6.07, 6.45) is 2.38. The number of halogens is 2. The van der Waals surface area contributed by atoms with Gasteiger partial charge in [-0.1, -0.05) is 17.7 Å². The molecule has 0 bridgehead atoms. The van der Waals surface area contributed by atoms with Crippen molar-refractivity contribution in [3.8, 4) is 0 Å². The highest BCUT2D eigenvalue weighted by Gasteiger charge is 2.16. The quantitative estimate of drug-likeness (QED) is 0.923.